The predicted octanol–water partition coefficient (Wildman–Crippen LogP) is 3.47. The van der Waals surface area contributed by atoms with Crippen molar-refractivity contribution in [3.8, 4) is 5.75 Å². The van der Waals surface area contributed by atoms with Crippen molar-refractivity contribution < 1.29 is 17.9 Å². The first-order valence-corrected chi connectivity index (χ1v) is 10.3. The van der Waals surface area contributed by atoms with Crippen molar-refractivity contribution in [3.63, 3.8) is 0 Å². The number of ether oxygens (including phenoxy) is 1. The van der Waals surface area contributed by atoms with Crippen LogP contribution in [-0.4, -0.2) is 38.8 Å². The minimum atomic E-state index is -3.75. The number of nitrogens with one attached hydrogen (secondary N) is 1. The van der Waals surface area contributed by atoms with Crippen molar-refractivity contribution in [2.75, 3.05) is 25.5 Å². The smallest absolute Gasteiger partial charge is 0.243 e. The molecule has 0 bridgehead atoms. The lowest BCUT2D eigenvalue weighted by molar-refractivity contribution is -0.116. The molecule has 0 fully saturated rings. The summed E-state index contributed by atoms with van der Waals surface area (Å²) in [7, 11) is -2.21. The summed E-state index contributed by atoms with van der Waals surface area (Å²) in [6, 6.07) is 13.7. The molecule has 146 valence electrons. The molecule has 0 aliphatic rings. The van der Waals surface area contributed by atoms with Gasteiger partial charge in [0.1, 0.15) is 5.75 Å². The Morgan fingerprint density at radius 1 is 1.15 bits per heavy atom. The van der Waals surface area contributed by atoms with Crippen molar-refractivity contribution in [3.05, 3.63) is 54.1 Å². The Kier molecular flexibility index (Phi) is 6.98. The molecule has 0 aliphatic carbocycles. The summed E-state index contributed by atoms with van der Waals surface area (Å²) in [4.78, 5) is 12.5. The van der Waals surface area contributed by atoms with Gasteiger partial charge in [-0.15, -0.1) is 0 Å². The van der Waals surface area contributed by atoms with Crippen molar-refractivity contribution in [2.45, 2.75) is 31.6 Å². The van der Waals surface area contributed by atoms with Gasteiger partial charge in [0.25, 0.3) is 0 Å². The average Bonchev–Trinajstić information content (AvgIpc) is 2.66. The summed E-state index contributed by atoms with van der Waals surface area (Å²) in [6.07, 6.45) is 0. The predicted molar refractivity (Wildman–Crippen MR) is 107 cm³/mol. The molecule has 0 heterocycles. The maximum atomic E-state index is 12.9. The molecule has 0 atom stereocenters. The summed E-state index contributed by atoms with van der Waals surface area (Å²) in [6.45, 7) is 5.73. The van der Waals surface area contributed by atoms with E-state index in [9.17, 15) is 13.2 Å². The van der Waals surface area contributed by atoms with Crippen LogP contribution in [0.5, 0.6) is 5.75 Å². The number of likely N-dealkylation sites (N-methyl/N-ethyl adjacent to an activating group) is 1. The van der Waals surface area contributed by atoms with E-state index in [1.165, 1.54) is 7.11 Å². The molecule has 6 nitrogen and oxygen atoms in total. The number of anilines is 1. The number of carbonyl (C=O) groups is 1. The lowest BCUT2D eigenvalue weighted by Crippen LogP contribution is -2.37. The zero-order valence-corrected chi connectivity index (χ0v) is 16.9. The van der Waals surface area contributed by atoms with Crippen LogP contribution in [0.4, 0.5) is 5.69 Å². The molecule has 0 saturated heterocycles. The second-order valence-corrected chi connectivity index (χ2v) is 8.37. The Morgan fingerprint density at radius 3 is 2.37 bits per heavy atom. The van der Waals surface area contributed by atoms with Crippen LogP contribution < -0.4 is 10.1 Å². The van der Waals surface area contributed by atoms with Crippen LogP contribution in [0.25, 0.3) is 0 Å². The molecule has 0 spiro atoms. The second-order valence-electron chi connectivity index (χ2n) is 6.44. The zero-order valence-electron chi connectivity index (χ0n) is 16.1. The molecule has 2 aromatic carbocycles. The first-order chi connectivity index (χ1) is 12.8. The van der Waals surface area contributed by atoms with Crippen LogP contribution in [0.15, 0.2) is 53.4 Å². The van der Waals surface area contributed by atoms with Crippen LogP contribution in [0.2, 0.25) is 0 Å². The molecule has 1 amide bonds. The summed E-state index contributed by atoms with van der Waals surface area (Å²) in [5.74, 6) is 0.517. The largest absolute Gasteiger partial charge is 0.497 e. The highest BCUT2D eigenvalue weighted by Gasteiger charge is 2.25. The molecule has 2 aromatic rings. The molecule has 0 saturated carbocycles. The molecule has 2 rings (SSSR count). The molecule has 0 aromatic heterocycles. The summed E-state index contributed by atoms with van der Waals surface area (Å²) < 4.78 is 32.0. The first-order valence-electron chi connectivity index (χ1n) is 8.82. The van der Waals surface area contributed by atoms with Crippen LogP contribution in [0.3, 0.4) is 0 Å². The molecular weight excluding hydrogens is 364 g/mol. The molecule has 0 aliphatic heterocycles. The number of hydrogen-bond acceptors (Lipinski definition) is 4. The third-order valence-corrected chi connectivity index (χ3v) is 6.15. The van der Waals surface area contributed by atoms with Gasteiger partial charge in [0.2, 0.25) is 15.9 Å². The van der Waals surface area contributed by atoms with Gasteiger partial charge in [0.15, 0.2) is 0 Å². The van der Waals surface area contributed by atoms with Crippen molar-refractivity contribution in [1.82, 2.24) is 4.31 Å². The fourth-order valence-electron chi connectivity index (χ4n) is 2.60. The number of sulfonamides is 1. The van der Waals surface area contributed by atoms with Crippen molar-refractivity contribution in [2.24, 2.45) is 0 Å². The molecule has 1 N–H and O–H groups in total. The van der Waals surface area contributed by atoms with E-state index >= 15 is 0 Å². The Bertz CT molecular complexity index is 877. The summed E-state index contributed by atoms with van der Waals surface area (Å²) >= 11 is 0. The van der Waals surface area contributed by atoms with E-state index in [1.54, 1.807) is 43.3 Å². The van der Waals surface area contributed by atoms with E-state index in [2.05, 4.69) is 5.32 Å². The SMILES string of the molecule is CCN(CC(=O)Nc1cccc(OC)c1)S(=O)(=O)c1ccc(C(C)C)cc1. The number of benzene rings is 2. The lowest BCUT2D eigenvalue weighted by Gasteiger charge is -2.20. The summed E-state index contributed by atoms with van der Waals surface area (Å²) in [5, 5.41) is 2.70. The van der Waals surface area contributed by atoms with E-state index in [0.29, 0.717) is 17.4 Å². The average molecular weight is 391 g/mol. The van der Waals surface area contributed by atoms with Gasteiger partial charge in [-0.25, -0.2) is 8.42 Å². The van der Waals surface area contributed by atoms with Crippen LogP contribution in [0.1, 0.15) is 32.3 Å². The maximum Gasteiger partial charge on any atom is 0.243 e. The number of nitrogens with zero attached hydrogens (tertiary/aromatic N) is 1. The van der Waals surface area contributed by atoms with Gasteiger partial charge in [-0.3, -0.25) is 4.79 Å². The topological polar surface area (TPSA) is 75.7 Å². The minimum Gasteiger partial charge on any atom is -0.497 e. The third-order valence-electron chi connectivity index (χ3n) is 4.21. The lowest BCUT2D eigenvalue weighted by atomic mass is 10.0. The zero-order chi connectivity index (χ0) is 20.0. The van der Waals surface area contributed by atoms with Gasteiger partial charge < -0.3 is 10.1 Å². The van der Waals surface area contributed by atoms with Crippen LogP contribution in [0, 0.1) is 0 Å². The van der Waals surface area contributed by atoms with Gasteiger partial charge in [-0.2, -0.15) is 4.31 Å². The Morgan fingerprint density at radius 2 is 1.81 bits per heavy atom. The summed E-state index contributed by atoms with van der Waals surface area (Å²) in [5.41, 5.74) is 1.61. The molecular formula is C20H26N2O4S. The van der Waals surface area contributed by atoms with Gasteiger partial charge in [-0.05, 0) is 35.7 Å². The van der Waals surface area contributed by atoms with Crippen LogP contribution >= 0.6 is 0 Å². The number of carbonyl (C=O) groups excluding carboxylic acids is 1. The fourth-order valence-corrected chi connectivity index (χ4v) is 4.01. The third kappa shape index (κ3) is 5.30. The molecule has 7 heteroatoms. The van der Waals surface area contributed by atoms with Crippen LogP contribution in [-0.2, 0) is 14.8 Å². The highest BCUT2D eigenvalue weighted by Crippen LogP contribution is 2.21. The van der Waals surface area contributed by atoms with Crippen molar-refractivity contribution in [1.29, 1.82) is 0 Å². The van der Waals surface area contributed by atoms with E-state index in [1.807, 2.05) is 26.0 Å². The number of hydrogen-bond donors (Lipinski definition) is 1. The van der Waals surface area contributed by atoms with Gasteiger partial charge in [0, 0.05) is 18.3 Å². The van der Waals surface area contributed by atoms with Gasteiger partial charge in [0.05, 0.1) is 18.6 Å². The fraction of sp³-hybridized carbons (Fsp3) is 0.350. The molecule has 0 radical (unpaired) electrons. The minimum absolute atomic E-state index is 0.183. The Hall–Kier alpha value is -2.38. The van der Waals surface area contributed by atoms with E-state index in [4.69, 9.17) is 4.74 Å². The monoisotopic (exact) mass is 390 g/mol. The number of rotatable bonds is 8. The highest BCUT2D eigenvalue weighted by atomic mass is 32.2. The first kappa shape index (κ1) is 20.9. The van der Waals surface area contributed by atoms with E-state index in [-0.39, 0.29) is 18.0 Å². The highest BCUT2D eigenvalue weighted by molar-refractivity contribution is 7.89. The van der Waals surface area contributed by atoms with Gasteiger partial charge in [-0.1, -0.05) is 39.0 Å². The molecule has 0 unspecified atom stereocenters. The number of methoxy groups -OCH3 is 1. The maximum absolute atomic E-state index is 12.9. The quantitative estimate of drug-likeness (QED) is 0.749. The van der Waals surface area contributed by atoms with Crippen molar-refractivity contribution >= 4 is 21.6 Å². The van der Waals surface area contributed by atoms with E-state index < -0.39 is 15.9 Å². The normalized spacial score (nSPS) is 11.6. The Balaban J connectivity index is 2.13. The Labute approximate surface area is 161 Å². The number of amides is 1. The van der Waals surface area contributed by atoms with Gasteiger partial charge >= 0.3 is 0 Å². The second kappa shape index (κ2) is 9.01. The molecule has 27 heavy (non-hydrogen) atoms. The van der Waals surface area contributed by atoms with E-state index in [0.717, 1.165) is 9.87 Å². The standard InChI is InChI=1S/C20H26N2O4S/c1-5-22(14-20(23)21-17-7-6-8-18(13-17)26-4)27(24,25)19-11-9-16(10-12-19)15(2)3/h6-13,15H,5,14H2,1-4H3,(H,21,23).